The van der Waals surface area contributed by atoms with Crippen molar-refractivity contribution in [2.75, 3.05) is 19.0 Å². The Bertz CT molecular complexity index is 324. The second kappa shape index (κ2) is 5.05. The second-order valence-electron chi connectivity index (χ2n) is 3.67. The summed E-state index contributed by atoms with van der Waals surface area (Å²) in [6.07, 6.45) is 0.622. The van der Waals surface area contributed by atoms with Crippen molar-refractivity contribution in [3.05, 3.63) is 23.5 Å². The highest BCUT2D eigenvalue weighted by atomic mass is 19.3. The minimum absolute atomic E-state index is 0.0584. The van der Waals surface area contributed by atoms with Gasteiger partial charge in [0.2, 0.25) is 0 Å². The summed E-state index contributed by atoms with van der Waals surface area (Å²) < 4.78 is 25.5. The number of aryl methyl sites for hydroxylation is 1. The van der Waals surface area contributed by atoms with E-state index in [4.69, 9.17) is 0 Å². The lowest BCUT2D eigenvalue weighted by Gasteiger charge is -2.15. The fraction of sp³-hybridized carbons (Fsp3) is 0.545. The largest absolute Gasteiger partial charge is 0.376 e. The van der Waals surface area contributed by atoms with E-state index in [1.807, 2.05) is 21.0 Å². The predicted molar refractivity (Wildman–Crippen MR) is 57.5 cm³/mol. The van der Waals surface area contributed by atoms with Crippen LogP contribution in [0.4, 0.5) is 14.5 Å². The Morgan fingerprint density at radius 3 is 2.53 bits per heavy atom. The summed E-state index contributed by atoms with van der Waals surface area (Å²) in [5.41, 5.74) is 1.28. The Kier molecular flexibility index (Phi) is 4.00. The molecule has 0 aliphatic heterocycles. The molecule has 4 heteroatoms. The van der Waals surface area contributed by atoms with Gasteiger partial charge in [0.1, 0.15) is 0 Å². The molecule has 15 heavy (non-hydrogen) atoms. The van der Waals surface area contributed by atoms with Gasteiger partial charge in [-0.25, -0.2) is 8.78 Å². The number of pyridine rings is 1. The van der Waals surface area contributed by atoms with Gasteiger partial charge in [-0.05, 0) is 12.5 Å². The zero-order valence-corrected chi connectivity index (χ0v) is 9.30. The van der Waals surface area contributed by atoms with Crippen LogP contribution < -0.4 is 4.90 Å². The maximum atomic E-state index is 12.7. The fourth-order valence-electron chi connectivity index (χ4n) is 1.38. The van der Waals surface area contributed by atoms with E-state index in [9.17, 15) is 8.78 Å². The topological polar surface area (TPSA) is 16.1 Å². The molecule has 0 saturated carbocycles. The van der Waals surface area contributed by atoms with Gasteiger partial charge in [-0.15, -0.1) is 0 Å². The van der Waals surface area contributed by atoms with Crippen molar-refractivity contribution in [3.8, 4) is 0 Å². The van der Waals surface area contributed by atoms with E-state index in [0.717, 1.165) is 6.42 Å². The number of aromatic nitrogens is 1. The maximum absolute atomic E-state index is 12.7. The maximum Gasteiger partial charge on any atom is 0.265 e. The number of nitrogens with zero attached hydrogens (tertiary/aromatic N) is 2. The number of hydrogen-bond donors (Lipinski definition) is 0. The van der Waals surface area contributed by atoms with E-state index < -0.39 is 6.43 Å². The Labute approximate surface area is 88.9 Å². The molecule has 0 fully saturated rings. The van der Waals surface area contributed by atoms with E-state index >= 15 is 0 Å². The Morgan fingerprint density at radius 2 is 2.07 bits per heavy atom. The molecule has 1 aromatic heterocycles. The minimum Gasteiger partial charge on any atom is -0.376 e. The first-order valence-electron chi connectivity index (χ1n) is 5.00. The van der Waals surface area contributed by atoms with E-state index in [2.05, 4.69) is 4.98 Å². The molecule has 1 aromatic rings. The molecular formula is C11H16F2N2. The summed E-state index contributed by atoms with van der Waals surface area (Å²) in [7, 11) is 3.62. The molecule has 0 atom stereocenters. The zero-order valence-electron chi connectivity index (χ0n) is 9.30. The molecule has 0 spiro atoms. The molecule has 0 aliphatic carbocycles. The number of rotatable bonds is 4. The van der Waals surface area contributed by atoms with Crippen LogP contribution >= 0.6 is 0 Å². The average molecular weight is 214 g/mol. The first-order chi connectivity index (χ1) is 7.06. The summed E-state index contributed by atoms with van der Waals surface area (Å²) in [5.74, 6) is 0. The second-order valence-corrected chi connectivity index (χ2v) is 3.67. The van der Waals surface area contributed by atoms with Crippen molar-refractivity contribution in [2.24, 2.45) is 0 Å². The van der Waals surface area contributed by atoms with Gasteiger partial charge < -0.3 is 4.90 Å². The lowest BCUT2D eigenvalue weighted by atomic mass is 10.1. The molecule has 0 aromatic carbocycles. The van der Waals surface area contributed by atoms with Crippen LogP contribution in [-0.2, 0) is 6.42 Å². The van der Waals surface area contributed by atoms with Crippen molar-refractivity contribution in [3.63, 3.8) is 0 Å². The van der Waals surface area contributed by atoms with E-state index in [1.54, 1.807) is 11.1 Å². The molecule has 0 radical (unpaired) electrons. The van der Waals surface area contributed by atoms with Crippen molar-refractivity contribution < 1.29 is 8.78 Å². The van der Waals surface area contributed by atoms with Gasteiger partial charge in [0.05, 0.1) is 11.9 Å². The van der Waals surface area contributed by atoms with Crippen LogP contribution in [0.2, 0.25) is 0 Å². The van der Waals surface area contributed by atoms with Crippen LogP contribution in [0, 0.1) is 0 Å². The van der Waals surface area contributed by atoms with Crippen LogP contribution in [0.25, 0.3) is 0 Å². The fourth-order valence-corrected chi connectivity index (χ4v) is 1.38. The summed E-state index contributed by atoms with van der Waals surface area (Å²) in [5, 5.41) is 0. The molecule has 0 saturated heterocycles. The highest BCUT2D eigenvalue weighted by Crippen LogP contribution is 2.26. The quantitative estimate of drug-likeness (QED) is 0.765. The summed E-state index contributed by atoms with van der Waals surface area (Å²) in [4.78, 5) is 5.86. The number of alkyl halides is 2. The number of halogens is 2. The predicted octanol–water partition coefficient (Wildman–Crippen LogP) is 3.04. The molecule has 2 nitrogen and oxygen atoms in total. The van der Waals surface area contributed by atoms with Crippen molar-refractivity contribution in [2.45, 2.75) is 26.2 Å². The van der Waals surface area contributed by atoms with Gasteiger partial charge in [-0.1, -0.05) is 13.3 Å². The van der Waals surface area contributed by atoms with E-state index in [-0.39, 0.29) is 5.56 Å². The average Bonchev–Trinajstić information content (AvgIpc) is 2.18. The third-order valence-electron chi connectivity index (χ3n) is 2.23. The van der Waals surface area contributed by atoms with Crippen molar-refractivity contribution >= 4 is 5.69 Å². The van der Waals surface area contributed by atoms with Crippen LogP contribution in [0.15, 0.2) is 12.3 Å². The van der Waals surface area contributed by atoms with Crippen LogP contribution in [0.5, 0.6) is 0 Å². The molecule has 0 aliphatic rings. The summed E-state index contributed by atoms with van der Waals surface area (Å²) in [6.45, 7) is 1.96. The Hall–Kier alpha value is -1.19. The highest BCUT2D eigenvalue weighted by Gasteiger charge is 2.14. The van der Waals surface area contributed by atoms with Gasteiger partial charge in [0.15, 0.2) is 0 Å². The smallest absolute Gasteiger partial charge is 0.265 e. The lowest BCUT2D eigenvalue weighted by Crippen LogP contribution is -2.11. The van der Waals surface area contributed by atoms with Gasteiger partial charge in [0.25, 0.3) is 6.43 Å². The standard InChI is InChI=1S/C11H16F2N2/c1-4-5-10-9(11(12)13)6-8(7-14-10)15(2)3/h6-7,11H,4-5H2,1-3H3. The highest BCUT2D eigenvalue weighted by molar-refractivity contribution is 5.46. The lowest BCUT2D eigenvalue weighted by molar-refractivity contribution is 0.149. The number of anilines is 1. The van der Waals surface area contributed by atoms with Crippen LogP contribution in [-0.4, -0.2) is 19.1 Å². The Balaban J connectivity index is 3.09. The minimum atomic E-state index is -2.45. The first-order valence-corrected chi connectivity index (χ1v) is 5.00. The third kappa shape index (κ3) is 2.88. The first kappa shape index (κ1) is 11.9. The van der Waals surface area contributed by atoms with Crippen molar-refractivity contribution in [1.82, 2.24) is 4.98 Å². The SMILES string of the molecule is CCCc1ncc(N(C)C)cc1C(F)F. The third-order valence-corrected chi connectivity index (χ3v) is 2.23. The molecule has 84 valence electrons. The molecule has 1 rings (SSSR count). The normalized spacial score (nSPS) is 10.8. The zero-order chi connectivity index (χ0) is 11.4. The summed E-state index contributed by atoms with van der Waals surface area (Å²) >= 11 is 0. The van der Waals surface area contributed by atoms with Crippen LogP contribution in [0.1, 0.15) is 31.0 Å². The Morgan fingerprint density at radius 1 is 1.40 bits per heavy atom. The molecule has 1 heterocycles. The van der Waals surface area contributed by atoms with Crippen LogP contribution in [0.3, 0.4) is 0 Å². The van der Waals surface area contributed by atoms with Gasteiger partial charge in [-0.3, -0.25) is 4.98 Å². The van der Waals surface area contributed by atoms with E-state index in [1.165, 1.54) is 6.07 Å². The van der Waals surface area contributed by atoms with Crippen molar-refractivity contribution in [1.29, 1.82) is 0 Å². The molecule has 0 bridgehead atoms. The van der Waals surface area contributed by atoms with Gasteiger partial charge in [0, 0.05) is 25.4 Å². The summed E-state index contributed by atoms with van der Waals surface area (Å²) in [6, 6.07) is 1.52. The van der Waals surface area contributed by atoms with Gasteiger partial charge in [-0.2, -0.15) is 0 Å². The number of hydrogen-bond acceptors (Lipinski definition) is 2. The van der Waals surface area contributed by atoms with E-state index in [0.29, 0.717) is 17.8 Å². The molecule has 0 N–H and O–H groups in total. The molecule has 0 amide bonds. The monoisotopic (exact) mass is 214 g/mol. The molecular weight excluding hydrogens is 198 g/mol. The van der Waals surface area contributed by atoms with Gasteiger partial charge >= 0.3 is 0 Å². The molecule has 0 unspecified atom stereocenters.